The van der Waals surface area contributed by atoms with Crippen LogP contribution in [0.1, 0.15) is 23.3 Å². The highest BCUT2D eigenvalue weighted by molar-refractivity contribution is 5.98. The summed E-state index contributed by atoms with van der Waals surface area (Å²) in [5.74, 6) is -0.722. The predicted octanol–water partition coefficient (Wildman–Crippen LogP) is 1.24. The molecule has 0 spiro atoms. The van der Waals surface area contributed by atoms with Crippen molar-refractivity contribution in [1.29, 1.82) is 0 Å². The normalized spacial score (nSPS) is 18.3. The van der Waals surface area contributed by atoms with Gasteiger partial charge in [0.05, 0.1) is 5.69 Å². The summed E-state index contributed by atoms with van der Waals surface area (Å²) in [5, 5.41) is 14.8. The average molecular weight is 292 g/mol. The predicted molar refractivity (Wildman–Crippen MR) is 78.4 cm³/mol. The van der Waals surface area contributed by atoms with E-state index >= 15 is 0 Å². The molecule has 0 saturated carbocycles. The Labute approximate surface area is 123 Å². The second kappa shape index (κ2) is 7.03. The maximum absolute atomic E-state index is 12.3. The van der Waals surface area contributed by atoms with Crippen LogP contribution in [0, 0.1) is 5.92 Å². The Morgan fingerprint density at radius 3 is 3.05 bits per heavy atom. The third kappa shape index (κ3) is 3.91. The number of hydrogen-bond acceptors (Lipinski definition) is 4. The molecule has 7 heteroatoms. The maximum Gasteiger partial charge on any atom is 0.356 e. The molecule has 0 radical (unpaired) electrons. The number of rotatable bonds is 4. The largest absolute Gasteiger partial charge is 0.476 e. The van der Waals surface area contributed by atoms with Gasteiger partial charge in [-0.25, -0.2) is 14.6 Å². The van der Waals surface area contributed by atoms with E-state index in [0.29, 0.717) is 19.0 Å². The fourth-order valence-electron chi connectivity index (χ4n) is 2.58. The van der Waals surface area contributed by atoms with E-state index in [0.717, 1.165) is 19.4 Å². The quantitative estimate of drug-likeness (QED) is 0.776. The molecule has 1 aliphatic rings. The SMILES string of the molecule is CNCC1CCCN(C(=O)Nc2cccnc2C(=O)O)C1. The summed E-state index contributed by atoms with van der Waals surface area (Å²) >= 11 is 0. The second-order valence-electron chi connectivity index (χ2n) is 5.15. The highest BCUT2D eigenvalue weighted by Gasteiger charge is 2.24. The molecule has 21 heavy (non-hydrogen) atoms. The molecule has 0 aliphatic carbocycles. The summed E-state index contributed by atoms with van der Waals surface area (Å²) in [5.41, 5.74) is 0.0837. The van der Waals surface area contributed by atoms with E-state index in [1.807, 2.05) is 7.05 Å². The average Bonchev–Trinajstić information content (AvgIpc) is 2.48. The van der Waals surface area contributed by atoms with Crippen LogP contribution in [0.3, 0.4) is 0 Å². The van der Waals surface area contributed by atoms with Crippen LogP contribution in [0.15, 0.2) is 18.3 Å². The number of piperidine rings is 1. The van der Waals surface area contributed by atoms with Gasteiger partial charge >= 0.3 is 12.0 Å². The zero-order valence-corrected chi connectivity index (χ0v) is 12.0. The van der Waals surface area contributed by atoms with Gasteiger partial charge in [0, 0.05) is 19.3 Å². The third-order valence-corrected chi connectivity index (χ3v) is 3.55. The standard InChI is InChI=1S/C14H20N4O3/c1-15-8-10-4-3-7-18(9-10)14(21)17-11-5-2-6-16-12(11)13(19)20/h2,5-6,10,15H,3-4,7-9H2,1H3,(H,17,21)(H,19,20). The number of carboxylic acid groups (broad SMARTS) is 1. The van der Waals surface area contributed by atoms with Crippen molar-refractivity contribution >= 4 is 17.7 Å². The molecule has 1 atom stereocenters. The van der Waals surface area contributed by atoms with Crippen LogP contribution in [-0.4, -0.2) is 53.7 Å². The summed E-state index contributed by atoms with van der Waals surface area (Å²) < 4.78 is 0. The van der Waals surface area contributed by atoms with Gasteiger partial charge in [-0.05, 0) is 44.5 Å². The second-order valence-corrected chi connectivity index (χ2v) is 5.15. The first-order chi connectivity index (χ1) is 10.1. The van der Waals surface area contributed by atoms with Crippen LogP contribution in [0.5, 0.6) is 0 Å². The molecular weight excluding hydrogens is 272 g/mol. The first-order valence-corrected chi connectivity index (χ1v) is 7.00. The van der Waals surface area contributed by atoms with Crippen LogP contribution in [0.25, 0.3) is 0 Å². The van der Waals surface area contributed by atoms with E-state index in [-0.39, 0.29) is 17.4 Å². The zero-order chi connectivity index (χ0) is 15.2. The van der Waals surface area contributed by atoms with Crippen LogP contribution < -0.4 is 10.6 Å². The highest BCUT2D eigenvalue weighted by atomic mass is 16.4. The van der Waals surface area contributed by atoms with Gasteiger partial charge in [0.1, 0.15) is 0 Å². The number of nitrogens with one attached hydrogen (secondary N) is 2. The first-order valence-electron chi connectivity index (χ1n) is 7.00. The monoisotopic (exact) mass is 292 g/mol. The van der Waals surface area contributed by atoms with Gasteiger partial charge in [-0.3, -0.25) is 0 Å². The lowest BCUT2D eigenvalue weighted by molar-refractivity contribution is 0.0691. The fourth-order valence-corrected chi connectivity index (χ4v) is 2.58. The Bertz CT molecular complexity index is 519. The van der Waals surface area contributed by atoms with E-state index in [9.17, 15) is 9.59 Å². The number of carboxylic acids is 1. The van der Waals surface area contributed by atoms with Crippen molar-refractivity contribution in [2.24, 2.45) is 5.92 Å². The van der Waals surface area contributed by atoms with Crippen LogP contribution in [0.4, 0.5) is 10.5 Å². The molecule has 2 amide bonds. The summed E-state index contributed by atoms with van der Waals surface area (Å²) in [6.45, 7) is 2.24. The minimum atomic E-state index is -1.15. The van der Waals surface area contributed by atoms with E-state index < -0.39 is 5.97 Å². The van der Waals surface area contributed by atoms with E-state index in [1.54, 1.807) is 17.0 Å². The molecule has 114 valence electrons. The molecule has 7 nitrogen and oxygen atoms in total. The van der Waals surface area contributed by atoms with Gasteiger partial charge in [-0.2, -0.15) is 0 Å². The number of pyridine rings is 1. The van der Waals surface area contributed by atoms with E-state index in [4.69, 9.17) is 5.11 Å². The number of aromatic carboxylic acids is 1. The summed E-state index contributed by atoms with van der Waals surface area (Å²) in [4.78, 5) is 28.9. The summed E-state index contributed by atoms with van der Waals surface area (Å²) in [7, 11) is 1.90. The molecule has 0 bridgehead atoms. The van der Waals surface area contributed by atoms with Gasteiger partial charge in [0.25, 0.3) is 0 Å². The molecule has 0 aromatic carbocycles. The highest BCUT2D eigenvalue weighted by Crippen LogP contribution is 2.18. The number of urea groups is 1. The van der Waals surface area contributed by atoms with Crippen molar-refractivity contribution in [3.8, 4) is 0 Å². The minimum Gasteiger partial charge on any atom is -0.476 e. The topological polar surface area (TPSA) is 94.6 Å². The van der Waals surface area contributed by atoms with Gasteiger partial charge in [0.2, 0.25) is 0 Å². The Kier molecular flexibility index (Phi) is 5.10. The Hall–Kier alpha value is -2.15. The Morgan fingerprint density at radius 1 is 1.52 bits per heavy atom. The molecular formula is C14H20N4O3. The van der Waals surface area contributed by atoms with Crippen molar-refractivity contribution < 1.29 is 14.7 Å². The van der Waals surface area contributed by atoms with Crippen molar-refractivity contribution in [2.75, 3.05) is 32.0 Å². The maximum atomic E-state index is 12.3. The third-order valence-electron chi connectivity index (χ3n) is 3.55. The number of likely N-dealkylation sites (tertiary alicyclic amines) is 1. The minimum absolute atomic E-state index is 0.144. The molecule has 1 saturated heterocycles. The zero-order valence-electron chi connectivity index (χ0n) is 12.0. The first kappa shape index (κ1) is 15.2. The van der Waals surface area contributed by atoms with Crippen molar-refractivity contribution in [3.63, 3.8) is 0 Å². The number of hydrogen-bond donors (Lipinski definition) is 3. The summed E-state index contributed by atoms with van der Waals surface area (Å²) in [6.07, 6.45) is 3.44. The van der Waals surface area contributed by atoms with Crippen LogP contribution in [0.2, 0.25) is 0 Å². The number of nitrogens with zero attached hydrogens (tertiary/aromatic N) is 2. The van der Waals surface area contributed by atoms with E-state index in [1.165, 1.54) is 6.20 Å². The van der Waals surface area contributed by atoms with E-state index in [2.05, 4.69) is 15.6 Å². The molecule has 1 aromatic rings. The van der Waals surface area contributed by atoms with Crippen LogP contribution >= 0.6 is 0 Å². The lowest BCUT2D eigenvalue weighted by Crippen LogP contribution is -2.44. The van der Waals surface area contributed by atoms with Gasteiger partial charge in [-0.15, -0.1) is 0 Å². The number of carbonyl (C=O) groups excluding carboxylic acids is 1. The van der Waals surface area contributed by atoms with Crippen LogP contribution in [-0.2, 0) is 0 Å². The van der Waals surface area contributed by atoms with Crippen molar-refractivity contribution in [3.05, 3.63) is 24.0 Å². The molecule has 2 rings (SSSR count). The Balaban J connectivity index is 2.03. The smallest absolute Gasteiger partial charge is 0.356 e. The lowest BCUT2D eigenvalue weighted by Gasteiger charge is -2.32. The molecule has 1 unspecified atom stereocenters. The van der Waals surface area contributed by atoms with Gasteiger partial charge in [0.15, 0.2) is 5.69 Å². The number of carbonyl (C=O) groups is 2. The molecule has 2 heterocycles. The number of aromatic nitrogens is 1. The number of amides is 2. The molecule has 1 fully saturated rings. The van der Waals surface area contributed by atoms with Crippen molar-refractivity contribution in [1.82, 2.24) is 15.2 Å². The van der Waals surface area contributed by atoms with Crippen molar-refractivity contribution in [2.45, 2.75) is 12.8 Å². The Morgan fingerprint density at radius 2 is 2.33 bits per heavy atom. The fraction of sp³-hybridized carbons (Fsp3) is 0.500. The molecule has 1 aliphatic heterocycles. The number of anilines is 1. The van der Waals surface area contributed by atoms with Gasteiger partial charge in [-0.1, -0.05) is 0 Å². The molecule has 3 N–H and O–H groups in total. The molecule has 1 aromatic heterocycles. The van der Waals surface area contributed by atoms with Gasteiger partial charge < -0.3 is 20.6 Å². The summed E-state index contributed by atoms with van der Waals surface area (Å²) in [6, 6.07) is 2.87. The lowest BCUT2D eigenvalue weighted by atomic mass is 9.98.